The minimum atomic E-state index is -0.905. The molecular weight excluding hydrogens is 342 g/mol. The molecule has 2 aromatic rings. The molecule has 1 aromatic heterocycles. The summed E-state index contributed by atoms with van der Waals surface area (Å²) in [6.07, 6.45) is 2.54. The number of benzene rings is 1. The van der Waals surface area contributed by atoms with Crippen LogP contribution in [-0.2, 0) is 16.0 Å². The average molecular weight is 365 g/mol. The average Bonchev–Trinajstić information content (AvgIpc) is 3.51. The molecule has 1 fully saturated rings. The van der Waals surface area contributed by atoms with Gasteiger partial charge in [0.25, 0.3) is 5.91 Å². The number of fused-ring (bicyclic) bond motifs is 1. The normalized spacial score (nSPS) is 15.6. The molecule has 1 aromatic carbocycles. The van der Waals surface area contributed by atoms with Crippen LogP contribution >= 0.6 is 0 Å². The van der Waals surface area contributed by atoms with Crippen LogP contribution in [0.5, 0.6) is 0 Å². The topological polar surface area (TPSA) is 92.1 Å². The number of hydrogen-bond acceptors (Lipinski definition) is 5. The first-order valence-electron chi connectivity index (χ1n) is 9.17. The molecule has 1 aliphatic carbocycles. The number of nitrogens with zero attached hydrogens (tertiary/aromatic N) is 2. The lowest BCUT2D eigenvalue weighted by atomic mass is 9.98. The molecule has 6 heteroatoms. The van der Waals surface area contributed by atoms with Crippen molar-refractivity contribution in [1.29, 1.82) is 5.26 Å². The standard InChI is InChI=1S/C21H23N3O3/c1-4-16-13(2)19(15-7-5-6-8-17(15)23-16)20(26)27-11-18(25)24-21(3,12-22)14-9-10-14/h5-8,14H,4,9-11H2,1-3H3,(H,24,25)/t21-/m0/s1. The van der Waals surface area contributed by atoms with Crippen LogP contribution in [0, 0.1) is 24.2 Å². The third kappa shape index (κ3) is 3.77. The predicted molar refractivity (Wildman–Crippen MR) is 101 cm³/mol. The number of aryl methyl sites for hydroxylation is 1. The Morgan fingerprint density at radius 2 is 2.07 bits per heavy atom. The van der Waals surface area contributed by atoms with Crippen LogP contribution in [0.15, 0.2) is 24.3 Å². The Balaban J connectivity index is 1.77. The highest BCUT2D eigenvalue weighted by atomic mass is 16.5. The van der Waals surface area contributed by atoms with E-state index < -0.39 is 24.0 Å². The number of nitrogens with one attached hydrogen (secondary N) is 1. The summed E-state index contributed by atoms with van der Waals surface area (Å²) in [5.41, 5.74) is 1.85. The Labute approximate surface area is 158 Å². The Hall–Kier alpha value is -2.94. The quantitative estimate of drug-likeness (QED) is 0.794. The Morgan fingerprint density at radius 3 is 2.70 bits per heavy atom. The number of pyridine rings is 1. The molecule has 0 aliphatic heterocycles. The largest absolute Gasteiger partial charge is 0.452 e. The van der Waals surface area contributed by atoms with E-state index in [1.807, 2.05) is 38.1 Å². The molecule has 0 radical (unpaired) electrons. The third-order valence-electron chi connectivity index (χ3n) is 5.14. The van der Waals surface area contributed by atoms with Crippen molar-refractivity contribution >= 4 is 22.8 Å². The van der Waals surface area contributed by atoms with Crippen LogP contribution in [0.25, 0.3) is 10.9 Å². The zero-order chi connectivity index (χ0) is 19.6. The minimum Gasteiger partial charge on any atom is -0.452 e. The van der Waals surface area contributed by atoms with Crippen molar-refractivity contribution in [3.8, 4) is 6.07 Å². The van der Waals surface area contributed by atoms with Crippen LogP contribution < -0.4 is 5.32 Å². The minimum absolute atomic E-state index is 0.167. The highest BCUT2D eigenvalue weighted by Crippen LogP contribution is 2.39. The summed E-state index contributed by atoms with van der Waals surface area (Å²) < 4.78 is 5.28. The lowest BCUT2D eigenvalue weighted by molar-refractivity contribution is -0.125. The van der Waals surface area contributed by atoms with Gasteiger partial charge in [0.15, 0.2) is 6.61 Å². The smallest absolute Gasteiger partial charge is 0.339 e. The third-order valence-corrected chi connectivity index (χ3v) is 5.14. The summed E-state index contributed by atoms with van der Waals surface area (Å²) >= 11 is 0. The number of esters is 1. The van der Waals surface area contributed by atoms with E-state index in [0.29, 0.717) is 17.4 Å². The van der Waals surface area contributed by atoms with Crippen molar-refractivity contribution in [1.82, 2.24) is 10.3 Å². The zero-order valence-electron chi connectivity index (χ0n) is 15.8. The molecule has 1 saturated carbocycles. The van der Waals surface area contributed by atoms with Gasteiger partial charge in [-0.3, -0.25) is 9.78 Å². The molecule has 6 nitrogen and oxygen atoms in total. The monoisotopic (exact) mass is 365 g/mol. The van der Waals surface area contributed by atoms with E-state index >= 15 is 0 Å². The number of para-hydroxylation sites is 1. The number of hydrogen-bond donors (Lipinski definition) is 1. The van der Waals surface area contributed by atoms with Crippen molar-refractivity contribution < 1.29 is 14.3 Å². The van der Waals surface area contributed by atoms with Crippen LogP contribution in [0.4, 0.5) is 0 Å². The molecule has 0 bridgehead atoms. The maximum atomic E-state index is 12.7. The van der Waals surface area contributed by atoms with Gasteiger partial charge in [-0.15, -0.1) is 0 Å². The molecule has 0 unspecified atom stereocenters. The van der Waals surface area contributed by atoms with E-state index in [4.69, 9.17) is 4.74 Å². The van der Waals surface area contributed by atoms with Crippen molar-refractivity contribution in [2.45, 2.75) is 45.6 Å². The first kappa shape index (κ1) is 18.8. The first-order valence-corrected chi connectivity index (χ1v) is 9.17. The van der Waals surface area contributed by atoms with E-state index in [1.165, 1.54) is 0 Å². The molecule has 1 atom stereocenters. The van der Waals surface area contributed by atoms with Gasteiger partial charge < -0.3 is 10.1 Å². The Kier molecular flexibility index (Phi) is 5.13. The SMILES string of the molecule is CCc1nc2ccccc2c(C(=O)OCC(=O)N[C@@](C)(C#N)C2CC2)c1C. The molecule has 1 aliphatic rings. The summed E-state index contributed by atoms with van der Waals surface area (Å²) in [6.45, 7) is 5.11. The molecule has 0 spiro atoms. The maximum Gasteiger partial charge on any atom is 0.339 e. The maximum absolute atomic E-state index is 12.7. The second-order valence-electron chi connectivity index (χ2n) is 7.14. The van der Waals surface area contributed by atoms with Crippen molar-refractivity contribution in [2.75, 3.05) is 6.61 Å². The van der Waals surface area contributed by atoms with Gasteiger partial charge in [0.05, 0.1) is 17.1 Å². The molecule has 27 heavy (non-hydrogen) atoms. The molecular formula is C21H23N3O3. The van der Waals surface area contributed by atoms with Crippen LogP contribution in [0.2, 0.25) is 0 Å². The lowest BCUT2D eigenvalue weighted by Crippen LogP contribution is -2.48. The molecule has 1 N–H and O–H groups in total. The van der Waals surface area contributed by atoms with Gasteiger partial charge in [0, 0.05) is 11.1 Å². The number of rotatable bonds is 6. The number of ether oxygens (including phenoxy) is 1. The van der Waals surface area contributed by atoms with Gasteiger partial charge in [-0.25, -0.2) is 4.79 Å². The number of amides is 1. The van der Waals surface area contributed by atoms with Gasteiger partial charge in [-0.05, 0) is 50.7 Å². The number of nitriles is 1. The summed E-state index contributed by atoms with van der Waals surface area (Å²) in [7, 11) is 0. The fraction of sp³-hybridized carbons (Fsp3) is 0.429. The van der Waals surface area contributed by atoms with E-state index in [2.05, 4.69) is 16.4 Å². The van der Waals surface area contributed by atoms with Crippen molar-refractivity contribution in [3.63, 3.8) is 0 Å². The van der Waals surface area contributed by atoms with Gasteiger partial charge in [-0.2, -0.15) is 5.26 Å². The van der Waals surface area contributed by atoms with Gasteiger partial charge in [0.1, 0.15) is 5.54 Å². The van der Waals surface area contributed by atoms with E-state index in [-0.39, 0.29) is 5.92 Å². The molecule has 1 heterocycles. The molecule has 140 valence electrons. The molecule has 1 amide bonds. The second kappa shape index (κ2) is 7.36. The van der Waals surface area contributed by atoms with E-state index in [0.717, 1.165) is 29.6 Å². The summed E-state index contributed by atoms with van der Waals surface area (Å²) in [6, 6.07) is 9.54. The van der Waals surface area contributed by atoms with Crippen molar-refractivity contribution in [2.24, 2.45) is 5.92 Å². The van der Waals surface area contributed by atoms with Gasteiger partial charge in [0.2, 0.25) is 0 Å². The van der Waals surface area contributed by atoms with Crippen LogP contribution in [0.1, 0.15) is 48.3 Å². The number of carbonyl (C=O) groups excluding carboxylic acids is 2. The highest BCUT2D eigenvalue weighted by Gasteiger charge is 2.43. The summed E-state index contributed by atoms with van der Waals surface area (Å²) in [4.78, 5) is 29.5. The number of aromatic nitrogens is 1. The second-order valence-corrected chi connectivity index (χ2v) is 7.14. The van der Waals surface area contributed by atoms with Gasteiger partial charge in [-0.1, -0.05) is 25.1 Å². The van der Waals surface area contributed by atoms with Crippen molar-refractivity contribution in [3.05, 3.63) is 41.1 Å². The van der Waals surface area contributed by atoms with Crippen LogP contribution in [-0.4, -0.2) is 29.0 Å². The highest BCUT2D eigenvalue weighted by molar-refractivity contribution is 6.05. The summed E-state index contributed by atoms with van der Waals surface area (Å²) in [5, 5.41) is 12.7. The van der Waals surface area contributed by atoms with E-state index in [1.54, 1.807) is 6.92 Å². The summed E-state index contributed by atoms with van der Waals surface area (Å²) in [5.74, 6) is -0.854. The van der Waals surface area contributed by atoms with Gasteiger partial charge >= 0.3 is 5.97 Å². The molecule has 3 rings (SSSR count). The zero-order valence-corrected chi connectivity index (χ0v) is 15.8. The molecule has 0 saturated heterocycles. The first-order chi connectivity index (χ1) is 12.9. The Bertz CT molecular complexity index is 944. The lowest BCUT2D eigenvalue weighted by Gasteiger charge is -2.22. The predicted octanol–water partition coefficient (Wildman–Crippen LogP) is 3.07. The Morgan fingerprint density at radius 1 is 1.37 bits per heavy atom. The van der Waals surface area contributed by atoms with E-state index in [9.17, 15) is 14.9 Å². The fourth-order valence-corrected chi connectivity index (χ4v) is 3.38. The fourth-order valence-electron chi connectivity index (χ4n) is 3.38. The number of carbonyl (C=O) groups is 2. The van der Waals surface area contributed by atoms with Crippen LogP contribution in [0.3, 0.4) is 0 Å².